The third-order valence-corrected chi connectivity index (χ3v) is 3.07. The average molecular weight is 261 g/mol. The number of carbonyl (C=O) groups is 1. The number of nitrogens with one attached hydrogen (secondary N) is 1. The number of esters is 1. The van der Waals surface area contributed by atoms with E-state index in [1.54, 1.807) is 7.05 Å². The van der Waals surface area contributed by atoms with Gasteiger partial charge in [-0.05, 0) is 25.5 Å². The van der Waals surface area contributed by atoms with Crippen molar-refractivity contribution in [1.29, 1.82) is 0 Å². The van der Waals surface area contributed by atoms with Gasteiger partial charge >= 0.3 is 5.97 Å². The summed E-state index contributed by atoms with van der Waals surface area (Å²) in [5.41, 5.74) is 1.79. The Hall–Kier alpha value is -2.04. The summed E-state index contributed by atoms with van der Waals surface area (Å²) in [6, 6.07) is 7.73. The summed E-state index contributed by atoms with van der Waals surface area (Å²) in [4.78, 5) is 16.3. The van der Waals surface area contributed by atoms with E-state index >= 15 is 0 Å². The van der Waals surface area contributed by atoms with Crippen molar-refractivity contribution < 1.29 is 9.53 Å². The van der Waals surface area contributed by atoms with Crippen LogP contribution >= 0.6 is 0 Å². The highest BCUT2D eigenvalue weighted by atomic mass is 16.5. The van der Waals surface area contributed by atoms with Gasteiger partial charge in [0.05, 0.1) is 17.1 Å². The molecule has 5 nitrogen and oxygen atoms in total. The van der Waals surface area contributed by atoms with E-state index in [1.165, 1.54) is 0 Å². The maximum Gasteiger partial charge on any atom is 0.326 e. The number of aromatic nitrogens is 2. The first-order valence-electron chi connectivity index (χ1n) is 6.48. The Morgan fingerprint density at radius 2 is 2.21 bits per heavy atom. The smallest absolute Gasteiger partial charge is 0.326 e. The summed E-state index contributed by atoms with van der Waals surface area (Å²) >= 11 is 0. The van der Waals surface area contributed by atoms with Crippen molar-refractivity contribution in [3.8, 4) is 0 Å². The molecule has 0 fully saturated rings. The number of anilines is 1. The predicted octanol–water partition coefficient (Wildman–Crippen LogP) is 2.42. The number of benzene rings is 1. The second-order valence-electron chi connectivity index (χ2n) is 4.47. The molecule has 2 rings (SSSR count). The number of rotatable bonds is 5. The van der Waals surface area contributed by atoms with Crippen LogP contribution in [0.2, 0.25) is 0 Å². The molecule has 1 N–H and O–H groups in total. The molecule has 0 aliphatic carbocycles. The lowest BCUT2D eigenvalue weighted by atomic mass is 10.3. The van der Waals surface area contributed by atoms with Crippen molar-refractivity contribution in [3.05, 3.63) is 24.3 Å². The highest BCUT2D eigenvalue weighted by Crippen LogP contribution is 2.19. The number of hydrogen-bond donors (Lipinski definition) is 1. The molecule has 1 heterocycles. The molecule has 1 aromatic heterocycles. The van der Waals surface area contributed by atoms with Crippen LogP contribution in [0.3, 0.4) is 0 Å². The standard InChI is InChI=1S/C14H19N3O2/c1-4-10(2)19-13(18)9-17-12-8-6-5-7-11(12)16-14(17)15-3/h5-8,10H,4,9H2,1-3H3,(H,15,16). The van der Waals surface area contributed by atoms with Crippen LogP contribution in [0.4, 0.5) is 5.95 Å². The first kappa shape index (κ1) is 13.4. The molecule has 1 unspecified atom stereocenters. The molecule has 0 aliphatic heterocycles. The Morgan fingerprint density at radius 1 is 1.47 bits per heavy atom. The van der Waals surface area contributed by atoms with Crippen molar-refractivity contribution in [1.82, 2.24) is 9.55 Å². The van der Waals surface area contributed by atoms with Crippen LogP contribution in [0.15, 0.2) is 24.3 Å². The van der Waals surface area contributed by atoms with E-state index in [9.17, 15) is 4.79 Å². The van der Waals surface area contributed by atoms with Crippen LogP contribution in [0.5, 0.6) is 0 Å². The molecule has 0 amide bonds. The maximum absolute atomic E-state index is 11.9. The van der Waals surface area contributed by atoms with E-state index in [4.69, 9.17) is 4.74 Å². The summed E-state index contributed by atoms with van der Waals surface area (Å²) in [7, 11) is 1.79. The zero-order valence-electron chi connectivity index (χ0n) is 11.5. The number of ether oxygens (including phenoxy) is 1. The van der Waals surface area contributed by atoms with E-state index in [2.05, 4.69) is 10.3 Å². The van der Waals surface area contributed by atoms with E-state index < -0.39 is 0 Å². The Labute approximate surface area is 112 Å². The summed E-state index contributed by atoms with van der Waals surface area (Å²) in [6.45, 7) is 4.05. The van der Waals surface area contributed by atoms with Crippen molar-refractivity contribution in [2.45, 2.75) is 32.9 Å². The molecule has 1 aromatic carbocycles. The summed E-state index contributed by atoms with van der Waals surface area (Å²) in [6.07, 6.45) is 0.760. The summed E-state index contributed by atoms with van der Waals surface area (Å²) in [5, 5.41) is 3.00. The van der Waals surface area contributed by atoms with Gasteiger partial charge < -0.3 is 10.1 Å². The molecule has 1 atom stereocenters. The van der Waals surface area contributed by atoms with Gasteiger partial charge in [-0.15, -0.1) is 0 Å². The third-order valence-electron chi connectivity index (χ3n) is 3.07. The van der Waals surface area contributed by atoms with Gasteiger partial charge in [0.1, 0.15) is 6.54 Å². The highest BCUT2D eigenvalue weighted by Gasteiger charge is 2.14. The topological polar surface area (TPSA) is 56.1 Å². The van der Waals surface area contributed by atoms with Crippen LogP contribution in [0.1, 0.15) is 20.3 Å². The van der Waals surface area contributed by atoms with Crippen molar-refractivity contribution in [2.75, 3.05) is 12.4 Å². The monoisotopic (exact) mass is 261 g/mol. The van der Waals surface area contributed by atoms with E-state index in [0.717, 1.165) is 17.5 Å². The number of nitrogens with zero attached hydrogens (tertiary/aromatic N) is 2. The number of carbonyl (C=O) groups excluding carboxylic acids is 1. The molecular formula is C14H19N3O2. The quantitative estimate of drug-likeness (QED) is 0.840. The van der Waals surface area contributed by atoms with Gasteiger partial charge in [-0.25, -0.2) is 4.98 Å². The van der Waals surface area contributed by atoms with Crippen LogP contribution < -0.4 is 5.32 Å². The van der Waals surface area contributed by atoms with Gasteiger partial charge in [-0.3, -0.25) is 9.36 Å². The average Bonchev–Trinajstić information content (AvgIpc) is 2.76. The van der Waals surface area contributed by atoms with Gasteiger partial charge in [-0.1, -0.05) is 19.1 Å². The Bertz CT molecular complexity index is 577. The molecule has 5 heteroatoms. The minimum absolute atomic E-state index is 0.0553. The fourth-order valence-corrected chi connectivity index (χ4v) is 1.90. The normalized spacial score (nSPS) is 12.4. The van der Waals surface area contributed by atoms with Crippen molar-refractivity contribution in [3.63, 3.8) is 0 Å². The van der Waals surface area contributed by atoms with Crippen LogP contribution in [0, 0.1) is 0 Å². The second-order valence-corrected chi connectivity index (χ2v) is 4.47. The molecule has 0 saturated heterocycles. The van der Waals surface area contributed by atoms with Crippen LogP contribution in [-0.2, 0) is 16.1 Å². The highest BCUT2D eigenvalue weighted by molar-refractivity contribution is 5.81. The van der Waals surface area contributed by atoms with Crippen LogP contribution in [0.25, 0.3) is 11.0 Å². The Kier molecular flexibility index (Phi) is 4.04. The van der Waals surface area contributed by atoms with Crippen LogP contribution in [-0.4, -0.2) is 28.7 Å². The molecule has 0 spiro atoms. The molecule has 0 aliphatic rings. The maximum atomic E-state index is 11.9. The molecular weight excluding hydrogens is 242 g/mol. The number of imidazole rings is 1. The number of para-hydroxylation sites is 2. The molecule has 2 aromatic rings. The lowest BCUT2D eigenvalue weighted by Crippen LogP contribution is -2.19. The van der Waals surface area contributed by atoms with E-state index in [-0.39, 0.29) is 18.6 Å². The zero-order chi connectivity index (χ0) is 13.8. The Morgan fingerprint density at radius 3 is 2.89 bits per heavy atom. The third kappa shape index (κ3) is 2.86. The molecule has 19 heavy (non-hydrogen) atoms. The van der Waals surface area contributed by atoms with Gasteiger partial charge in [0.15, 0.2) is 0 Å². The zero-order valence-corrected chi connectivity index (χ0v) is 11.5. The van der Waals surface area contributed by atoms with Gasteiger partial charge in [0.25, 0.3) is 0 Å². The van der Waals surface area contributed by atoms with Crippen molar-refractivity contribution >= 4 is 23.0 Å². The minimum atomic E-state index is -0.242. The SMILES string of the molecule is CCC(C)OC(=O)Cn1c(NC)nc2ccccc21. The summed E-state index contributed by atoms with van der Waals surface area (Å²) in [5.74, 6) is 0.427. The fraction of sp³-hybridized carbons (Fsp3) is 0.429. The van der Waals surface area contributed by atoms with Crippen molar-refractivity contribution in [2.24, 2.45) is 0 Å². The molecule has 102 valence electrons. The lowest BCUT2D eigenvalue weighted by Gasteiger charge is -2.12. The van der Waals surface area contributed by atoms with Gasteiger partial charge in [-0.2, -0.15) is 0 Å². The first-order valence-corrected chi connectivity index (χ1v) is 6.48. The minimum Gasteiger partial charge on any atom is -0.461 e. The largest absolute Gasteiger partial charge is 0.461 e. The summed E-state index contributed by atoms with van der Waals surface area (Å²) < 4.78 is 7.14. The van der Waals surface area contributed by atoms with E-state index in [1.807, 2.05) is 42.7 Å². The Balaban J connectivity index is 2.26. The lowest BCUT2D eigenvalue weighted by molar-refractivity contribution is -0.148. The first-order chi connectivity index (χ1) is 9.15. The fourth-order valence-electron chi connectivity index (χ4n) is 1.90. The number of fused-ring (bicyclic) bond motifs is 1. The van der Waals surface area contributed by atoms with Gasteiger partial charge in [0.2, 0.25) is 5.95 Å². The molecule has 0 bridgehead atoms. The molecule has 0 radical (unpaired) electrons. The molecule has 0 saturated carbocycles. The van der Waals surface area contributed by atoms with Gasteiger partial charge in [0, 0.05) is 7.05 Å². The van der Waals surface area contributed by atoms with E-state index in [0.29, 0.717) is 5.95 Å². The predicted molar refractivity (Wildman–Crippen MR) is 75.1 cm³/mol. The second kappa shape index (κ2) is 5.73. The number of hydrogen-bond acceptors (Lipinski definition) is 4.